The van der Waals surface area contributed by atoms with E-state index in [2.05, 4.69) is 55.4 Å². The number of esters is 4. The number of unbranched alkanes of at least 4 members (excludes halogenated alkanes) is 48. The quantitative estimate of drug-likeness (QED) is 0.0222. The molecule has 0 fully saturated rings. The van der Waals surface area contributed by atoms with Crippen LogP contribution < -0.4 is 0 Å². The van der Waals surface area contributed by atoms with Crippen LogP contribution in [0.5, 0.6) is 0 Å². The summed E-state index contributed by atoms with van der Waals surface area (Å²) in [4.78, 5) is 73.2. The van der Waals surface area contributed by atoms with Gasteiger partial charge in [0.15, 0.2) is 12.2 Å². The van der Waals surface area contributed by atoms with Crippen LogP contribution in [0, 0.1) is 23.7 Å². The fraction of sp³-hybridized carbons (Fsp3) is 0.953. The Hall–Kier alpha value is -1.94. The molecule has 3 N–H and O–H groups in total. The first-order valence-electron chi connectivity index (χ1n) is 44.2. The Kier molecular flexibility index (Phi) is 73.4. The van der Waals surface area contributed by atoms with Gasteiger partial charge in [-0.2, -0.15) is 0 Å². The van der Waals surface area contributed by atoms with E-state index in [0.717, 1.165) is 114 Å². The number of phosphoric ester groups is 2. The third-order valence-corrected chi connectivity index (χ3v) is 22.3. The molecule has 0 saturated carbocycles. The van der Waals surface area contributed by atoms with E-state index >= 15 is 0 Å². The van der Waals surface area contributed by atoms with E-state index in [1.807, 2.05) is 0 Å². The number of hydrogen-bond donors (Lipinski definition) is 3. The summed E-state index contributed by atoms with van der Waals surface area (Å²) < 4.78 is 68.9. The molecule has 0 heterocycles. The Bertz CT molecular complexity index is 2040. The predicted molar refractivity (Wildman–Crippen MR) is 432 cm³/mol. The van der Waals surface area contributed by atoms with Crippen molar-refractivity contribution in [1.29, 1.82) is 0 Å². The smallest absolute Gasteiger partial charge is 0.462 e. The summed E-state index contributed by atoms with van der Waals surface area (Å²) in [5, 5.41) is 10.7. The van der Waals surface area contributed by atoms with Crippen molar-refractivity contribution in [2.45, 2.75) is 465 Å². The molecule has 0 rings (SSSR count). The zero-order valence-electron chi connectivity index (χ0n) is 69.4. The van der Waals surface area contributed by atoms with E-state index in [4.69, 9.17) is 37.0 Å². The zero-order chi connectivity index (χ0) is 77.4. The Balaban J connectivity index is 5.23. The topological polar surface area (TPSA) is 237 Å². The summed E-state index contributed by atoms with van der Waals surface area (Å²) in [6.45, 7) is 14.3. The Morgan fingerprint density at radius 1 is 0.267 bits per heavy atom. The minimum absolute atomic E-state index is 0.106. The van der Waals surface area contributed by atoms with Gasteiger partial charge in [-0.05, 0) is 49.4 Å². The second-order valence-corrected chi connectivity index (χ2v) is 35.5. The van der Waals surface area contributed by atoms with Gasteiger partial charge >= 0.3 is 39.5 Å². The highest BCUT2D eigenvalue weighted by Crippen LogP contribution is 2.45. The first-order valence-corrected chi connectivity index (χ1v) is 47.2. The molecule has 0 aromatic rings. The number of ether oxygens (including phenoxy) is 4. The average molecular weight is 1540 g/mol. The van der Waals surface area contributed by atoms with E-state index in [-0.39, 0.29) is 25.7 Å². The van der Waals surface area contributed by atoms with Crippen molar-refractivity contribution in [2.75, 3.05) is 39.6 Å². The molecule has 4 unspecified atom stereocenters. The van der Waals surface area contributed by atoms with Crippen molar-refractivity contribution >= 4 is 39.5 Å². The van der Waals surface area contributed by atoms with E-state index in [0.29, 0.717) is 31.6 Å². The van der Waals surface area contributed by atoms with Crippen LogP contribution in [0.15, 0.2) is 0 Å². The highest BCUT2D eigenvalue weighted by molar-refractivity contribution is 7.47. The highest BCUT2D eigenvalue weighted by Gasteiger charge is 2.31. The van der Waals surface area contributed by atoms with Crippen LogP contribution in [-0.2, 0) is 65.4 Å². The summed E-state index contributed by atoms with van der Waals surface area (Å²) in [6.07, 6.45) is 63.9. The van der Waals surface area contributed by atoms with Gasteiger partial charge < -0.3 is 33.8 Å². The molecule has 105 heavy (non-hydrogen) atoms. The molecule has 0 bridgehead atoms. The molecule has 0 aromatic carbocycles. The van der Waals surface area contributed by atoms with Crippen LogP contribution >= 0.6 is 15.6 Å². The molecule has 624 valence electrons. The van der Waals surface area contributed by atoms with Crippen LogP contribution in [0.3, 0.4) is 0 Å². The molecule has 0 amide bonds. The molecule has 6 atom stereocenters. The van der Waals surface area contributed by atoms with Gasteiger partial charge in [0, 0.05) is 25.7 Å². The zero-order valence-corrected chi connectivity index (χ0v) is 71.2. The molecule has 0 radical (unpaired) electrons. The Labute approximate surface area is 645 Å². The summed E-state index contributed by atoms with van der Waals surface area (Å²) in [5.74, 6) is 1.05. The van der Waals surface area contributed by atoms with Gasteiger partial charge in [-0.3, -0.25) is 37.3 Å². The molecule has 0 spiro atoms. The largest absolute Gasteiger partial charge is 0.472 e. The first kappa shape index (κ1) is 103. The lowest BCUT2D eigenvalue weighted by atomic mass is 9.99. The highest BCUT2D eigenvalue weighted by atomic mass is 31.2. The molecule has 0 aliphatic heterocycles. The summed E-state index contributed by atoms with van der Waals surface area (Å²) in [7, 11) is -9.93. The lowest BCUT2D eigenvalue weighted by molar-refractivity contribution is -0.161. The van der Waals surface area contributed by atoms with Crippen molar-refractivity contribution in [2.24, 2.45) is 23.7 Å². The number of carbonyl (C=O) groups excluding carboxylic acids is 4. The van der Waals surface area contributed by atoms with Crippen molar-refractivity contribution in [1.82, 2.24) is 0 Å². The third kappa shape index (κ3) is 78.5. The Morgan fingerprint density at radius 3 is 0.676 bits per heavy atom. The molecule has 0 aliphatic carbocycles. The standard InChI is InChI=1S/C86H168O17P2/c1-9-79(8)65-57-49-41-33-27-21-16-17-23-29-35-43-52-60-68-85(90)102-81(72-96-83(88)66-58-50-42-34-28-22-15-13-11-10-12-14-19-25-31-38-46-54-62-76(2)3)74-100-104(92,93)98-70-80(87)71-99-105(94,95)101-75-82(73-97-84(89)67-59-51-45-37-40-48-56-64-78(6)7)103-86(91)69-61-53-44-36-30-24-18-20-26-32-39-47-55-63-77(4)5/h76-82,87H,9-75H2,1-8H3,(H,92,93)(H,94,95)/t79?,80?,81-,82-/m1/s1. The van der Waals surface area contributed by atoms with E-state index in [1.54, 1.807) is 0 Å². The normalized spacial score (nSPS) is 14.2. The molecule has 0 aromatic heterocycles. The van der Waals surface area contributed by atoms with Crippen molar-refractivity contribution in [3.05, 3.63) is 0 Å². The second kappa shape index (κ2) is 74.8. The average Bonchev–Trinajstić information content (AvgIpc) is 0.906. The number of hydrogen-bond acceptors (Lipinski definition) is 15. The lowest BCUT2D eigenvalue weighted by Crippen LogP contribution is -2.30. The Morgan fingerprint density at radius 2 is 0.457 bits per heavy atom. The van der Waals surface area contributed by atoms with E-state index in [9.17, 15) is 43.2 Å². The van der Waals surface area contributed by atoms with Crippen LogP contribution in [-0.4, -0.2) is 96.7 Å². The van der Waals surface area contributed by atoms with Crippen molar-refractivity contribution in [3.63, 3.8) is 0 Å². The molecule has 0 saturated heterocycles. The molecule has 19 heteroatoms. The monoisotopic (exact) mass is 1540 g/mol. The number of rotatable bonds is 83. The van der Waals surface area contributed by atoms with Gasteiger partial charge in [-0.25, -0.2) is 9.13 Å². The first-order chi connectivity index (χ1) is 50.6. The number of phosphoric acid groups is 2. The summed E-state index contributed by atoms with van der Waals surface area (Å²) in [5.41, 5.74) is 0. The maximum Gasteiger partial charge on any atom is 0.472 e. The van der Waals surface area contributed by atoms with Crippen LogP contribution in [0.4, 0.5) is 0 Å². The fourth-order valence-electron chi connectivity index (χ4n) is 13.3. The predicted octanol–water partition coefficient (Wildman–Crippen LogP) is 25.9. The van der Waals surface area contributed by atoms with Crippen molar-refractivity contribution < 1.29 is 80.2 Å². The molecular weight excluding hydrogens is 1370 g/mol. The molecule has 0 aliphatic rings. The number of carbonyl (C=O) groups is 4. The maximum absolute atomic E-state index is 13.1. The van der Waals surface area contributed by atoms with E-state index in [1.165, 1.54) is 244 Å². The lowest BCUT2D eigenvalue weighted by Gasteiger charge is -2.21. The SMILES string of the molecule is CCC(C)CCCCCCCCCCCCCCCCC(=O)O[C@H](COC(=O)CCCCCCCCCCCCCCCCCCCCC(C)C)COP(=O)(O)OCC(O)COP(=O)(O)OC[C@@H](COC(=O)CCCCCCCCCC(C)C)OC(=O)CCCCCCCCCCCCCCCC(C)C. The molecule has 17 nitrogen and oxygen atoms in total. The van der Waals surface area contributed by atoms with Gasteiger partial charge in [-0.1, -0.05) is 396 Å². The summed E-state index contributed by atoms with van der Waals surface area (Å²) in [6, 6.07) is 0. The number of aliphatic hydroxyl groups is 1. The van der Waals surface area contributed by atoms with Crippen LogP contribution in [0.2, 0.25) is 0 Å². The summed E-state index contributed by atoms with van der Waals surface area (Å²) >= 11 is 0. The van der Waals surface area contributed by atoms with Gasteiger partial charge in [-0.15, -0.1) is 0 Å². The minimum atomic E-state index is -4.97. The van der Waals surface area contributed by atoms with Gasteiger partial charge in [0.2, 0.25) is 0 Å². The van der Waals surface area contributed by atoms with Gasteiger partial charge in [0.25, 0.3) is 0 Å². The third-order valence-electron chi connectivity index (χ3n) is 20.4. The second-order valence-electron chi connectivity index (χ2n) is 32.6. The fourth-order valence-corrected chi connectivity index (χ4v) is 14.9. The van der Waals surface area contributed by atoms with Crippen molar-refractivity contribution in [3.8, 4) is 0 Å². The van der Waals surface area contributed by atoms with E-state index < -0.39 is 97.5 Å². The number of aliphatic hydroxyl groups excluding tert-OH is 1. The van der Waals surface area contributed by atoms with Gasteiger partial charge in [0.05, 0.1) is 26.4 Å². The molecular formula is C86H168O17P2. The van der Waals surface area contributed by atoms with Gasteiger partial charge in [0.1, 0.15) is 19.3 Å². The minimum Gasteiger partial charge on any atom is -0.462 e. The maximum atomic E-state index is 13.1. The van der Waals surface area contributed by atoms with Crippen LogP contribution in [0.1, 0.15) is 447 Å². The van der Waals surface area contributed by atoms with Crippen LogP contribution in [0.25, 0.3) is 0 Å².